The van der Waals surface area contributed by atoms with E-state index in [4.69, 9.17) is 9.47 Å². The van der Waals surface area contributed by atoms with Crippen molar-refractivity contribution in [2.45, 2.75) is 24.9 Å². The number of fused-ring (bicyclic) bond motifs is 1. The number of hydrogen-bond acceptors (Lipinski definition) is 3. The molecule has 110 valence electrons. The van der Waals surface area contributed by atoms with Gasteiger partial charge in [0.05, 0.1) is 12.7 Å². The smallest absolute Gasteiger partial charge is 0.122 e. The van der Waals surface area contributed by atoms with Crippen molar-refractivity contribution < 1.29 is 14.6 Å². The first-order valence-electron chi connectivity index (χ1n) is 7.40. The Hall–Kier alpha value is -2.00. The lowest BCUT2D eigenvalue weighted by Crippen LogP contribution is -2.23. The monoisotopic (exact) mass is 284 g/mol. The summed E-state index contributed by atoms with van der Waals surface area (Å²) in [5, 5.41) is 10.2. The summed E-state index contributed by atoms with van der Waals surface area (Å²) in [5.41, 5.74) is 1.20. The fourth-order valence-electron chi connectivity index (χ4n) is 2.77. The van der Waals surface area contributed by atoms with Gasteiger partial charge in [0.25, 0.3) is 0 Å². The maximum Gasteiger partial charge on any atom is 0.122 e. The molecule has 0 amide bonds. The zero-order valence-electron chi connectivity index (χ0n) is 11.9. The Morgan fingerprint density at radius 3 is 2.71 bits per heavy atom. The van der Waals surface area contributed by atoms with Gasteiger partial charge in [0.1, 0.15) is 18.1 Å². The van der Waals surface area contributed by atoms with Crippen LogP contribution in [0.25, 0.3) is 0 Å². The minimum Gasteiger partial charge on any atom is -0.493 e. The van der Waals surface area contributed by atoms with Crippen LogP contribution >= 0.6 is 0 Å². The summed E-state index contributed by atoms with van der Waals surface area (Å²) < 4.78 is 11.3. The van der Waals surface area contributed by atoms with E-state index in [-0.39, 0.29) is 0 Å². The molecule has 2 atom stereocenters. The predicted molar refractivity (Wildman–Crippen MR) is 81.9 cm³/mol. The molecule has 1 aliphatic heterocycles. The van der Waals surface area contributed by atoms with Crippen LogP contribution in [-0.4, -0.2) is 24.4 Å². The zero-order valence-corrected chi connectivity index (χ0v) is 11.9. The molecule has 2 aromatic rings. The first kappa shape index (κ1) is 14.0. The second-order valence-electron chi connectivity index (χ2n) is 5.39. The van der Waals surface area contributed by atoms with Gasteiger partial charge in [-0.15, -0.1) is 0 Å². The molecule has 3 nitrogen and oxygen atoms in total. The van der Waals surface area contributed by atoms with Crippen molar-refractivity contribution in [3.05, 3.63) is 60.2 Å². The zero-order chi connectivity index (χ0) is 14.5. The lowest BCUT2D eigenvalue weighted by Gasteiger charge is -2.27. The lowest BCUT2D eigenvalue weighted by atomic mass is 9.88. The van der Waals surface area contributed by atoms with Gasteiger partial charge >= 0.3 is 0 Å². The summed E-state index contributed by atoms with van der Waals surface area (Å²) in [4.78, 5) is 0. The number of aliphatic hydroxyl groups is 1. The quantitative estimate of drug-likeness (QED) is 0.914. The van der Waals surface area contributed by atoms with Crippen molar-refractivity contribution in [2.24, 2.45) is 0 Å². The molecule has 3 heteroatoms. The Labute approximate surface area is 125 Å². The highest BCUT2D eigenvalue weighted by molar-refractivity contribution is 5.37. The van der Waals surface area contributed by atoms with E-state index in [1.165, 1.54) is 5.56 Å². The van der Waals surface area contributed by atoms with Crippen LogP contribution in [0.1, 0.15) is 24.3 Å². The van der Waals surface area contributed by atoms with Crippen molar-refractivity contribution >= 4 is 0 Å². The van der Waals surface area contributed by atoms with Crippen LogP contribution < -0.4 is 9.47 Å². The Morgan fingerprint density at radius 1 is 1.10 bits per heavy atom. The van der Waals surface area contributed by atoms with Gasteiger partial charge in [-0.3, -0.25) is 0 Å². The Morgan fingerprint density at radius 2 is 1.86 bits per heavy atom. The van der Waals surface area contributed by atoms with Crippen LogP contribution in [-0.2, 0) is 0 Å². The lowest BCUT2D eigenvalue weighted by molar-refractivity contribution is 0.0881. The first-order chi connectivity index (χ1) is 10.3. The standard InChI is InChI=1S/C18H20O3/c19-15(13-21-16-6-2-1-3-7-16)12-14-10-11-20-18-9-5-4-8-17(14)18/h1-9,14-15,19H,10-13H2. The molecule has 3 rings (SSSR count). The average molecular weight is 284 g/mol. The maximum absolute atomic E-state index is 10.2. The summed E-state index contributed by atoms with van der Waals surface area (Å²) >= 11 is 0. The van der Waals surface area contributed by atoms with Gasteiger partial charge < -0.3 is 14.6 Å². The van der Waals surface area contributed by atoms with E-state index < -0.39 is 6.10 Å². The summed E-state index contributed by atoms with van der Waals surface area (Å²) in [6.07, 6.45) is 1.17. The van der Waals surface area contributed by atoms with Crippen molar-refractivity contribution in [1.82, 2.24) is 0 Å². The highest BCUT2D eigenvalue weighted by Crippen LogP contribution is 2.36. The van der Waals surface area contributed by atoms with E-state index >= 15 is 0 Å². The predicted octanol–water partition coefficient (Wildman–Crippen LogP) is 3.38. The number of hydrogen-bond donors (Lipinski definition) is 1. The normalized spacial score (nSPS) is 18.4. The third-order valence-corrected chi connectivity index (χ3v) is 3.82. The third-order valence-electron chi connectivity index (χ3n) is 3.82. The minimum atomic E-state index is -0.471. The van der Waals surface area contributed by atoms with Crippen LogP contribution in [0, 0.1) is 0 Å². The number of aliphatic hydroxyl groups excluding tert-OH is 1. The van der Waals surface area contributed by atoms with Gasteiger partial charge in [-0.25, -0.2) is 0 Å². The average Bonchev–Trinajstić information content (AvgIpc) is 2.54. The van der Waals surface area contributed by atoms with Crippen molar-refractivity contribution in [2.75, 3.05) is 13.2 Å². The van der Waals surface area contributed by atoms with E-state index in [9.17, 15) is 5.11 Å². The molecule has 1 aliphatic rings. The summed E-state index contributed by atoms with van der Waals surface area (Å²) in [6.45, 7) is 1.04. The second-order valence-corrected chi connectivity index (χ2v) is 5.39. The molecule has 1 N–H and O–H groups in total. The fraction of sp³-hybridized carbons (Fsp3) is 0.333. The second kappa shape index (κ2) is 6.64. The highest BCUT2D eigenvalue weighted by atomic mass is 16.5. The third kappa shape index (κ3) is 3.56. The van der Waals surface area contributed by atoms with Crippen LogP contribution in [0.3, 0.4) is 0 Å². The van der Waals surface area contributed by atoms with Gasteiger partial charge in [-0.1, -0.05) is 36.4 Å². The van der Waals surface area contributed by atoms with E-state index in [1.54, 1.807) is 0 Å². The van der Waals surface area contributed by atoms with Crippen LogP contribution in [0.5, 0.6) is 11.5 Å². The summed E-state index contributed by atoms with van der Waals surface area (Å²) in [6, 6.07) is 17.7. The van der Waals surface area contributed by atoms with E-state index in [1.807, 2.05) is 48.5 Å². The van der Waals surface area contributed by atoms with Gasteiger partial charge in [0.2, 0.25) is 0 Å². The van der Waals surface area contributed by atoms with Crippen LogP contribution in [0.2, 0.25) is 0 Å². The SMILES string of the molecule is OC(COc1ccccc1)CC1CCOc2ccccc21. The molecule has 0 saturated heterocycles. The van der Waals surface area contributed by atoms with Gasteiger partial charge in [0.15, 0.2) is 0 Å². The van der Waals surface area contributed by atoms with Crippen molar-refractivity contribution in [3.63, 3.8) is 0 Å². The number of ether oxygens (including phenoxy) is 2. The minimum absolute atomic E-state index is 0.323. The molecule has 0 aliphatic carbocycles. The largest absolute Gasteiger partial charge is 0.493 e. The molecule has 0 bridgehead atoms. The van der Waals surface area contributed by atoms with Gasteiger partial charge in [-0.2, -0.15) is 0 Å². The molecule has 2 unspecified atom stereocenters. The fourth-order valence-corrected chi connectivity index (χ4v) is 2.77. The number of benzene rings is 2. The van der Waals surface area contributed by atoms with Crippen molar-refractivity contribution in [3.8, 4) is 11.5 Å². The molecule has 0 aromatic heterocycles. The molecular formula is C18H20O3. The molecule has 0 fully saturated rings. The highest BCUT2D eigenvalue weighted by Gasteiger charge is 2.23. The molecule has 0 saturated carbocycles. The topological polar surface area (TPSA) is 38.7 Å². The molecule has 21 heavy (non-hydrogen) atoms. The molecule has 1 heterocycles. The van der Waals surface area contributed by atoms with E-state index in [0.29, 0.717) is 25.6 Å². The number of rotatable bonds is 5. The van der Waals surface area contributed by atoms with Crippen molar-refractivity contribution in [1.29, 1.82) is 0 Å². The molecule has 0 radical (unpaired) electrons. The van der Waals surface area contributed by atoms with E-state index in [0.717, 1.165) is 17.9 Å². The van der Waals surface area contributed by atoms with Crippen LogP contribution in [0.15, 0.2) is 54.6 Å². The Bertz CT molecular complexity index is 568. The Balaban J connectivity index is 1.57. The maximum atomic E-state index is 10.2. The van der Waals surface area contributed by atoms with Crippen LogP contribution in [0.4, 0.5) is 0 Å². The van der Waals surface area contributed by atoms with Gasteiger partial charge in [-0.05, 0) is 42.5 Å². The Kier molecular flexibility index (Phi) is 4.41. The van der Waals surface area contributed by atoms with E-state index in [2.05, 4.69) is 6.07 Å². The first-order valence-corrected chi connectivity index (χ1v) is 7.40. The summed E-state index contributed by atoms with van der Waals surface area (Å²) in [5.74, 6) is 2.08. The molecule has 2 aromatic carbocycles. The molecular weight excluding hydrogens is 264 g/mol. The molecule has 0 spiro atoms. The number of para-hydroxylation sites is 2. The van der Waals surface area contributed by atoms with Gasteiger partial charge in [0, 0.05) is 0 Å². The summed E-state index contributed by atoms with van der Waals surface area (Å²) in [7, 11) is 0.